The van der Waals surface area contributed by atoms with Crippen molar-refractivity contribution in [2.24, 2.45) is 11.7 Å². The van der Waals surface area contributed by atoms with Crippen molar-refractivity contribution in [2.75, 3.05) is 11.9 Å². The van der Waals surface area contributed by atoms with E-state index < -0.39 is 5.41 Å². The number of carbonyl (C=O) groups excluding carboxylic acids is 1. The lowest BCUT2D eigenvalue weighted by Crippen LogP contribution is -2.17. The smallest absolute Gasteiger partial charge is 0.224 e. The average molecular weight is 273 g/mol. The zero-order valence-corrected chi connectivity index (χ0v) is 12.4. The van der Waals surface area contributed by atoms with Gasteiger partial charge in [0, 0.05) is 12.1 Å². The van der Waals surface area contributed by atoms with Crippen LogP contribution in [0.3, 0.4) is 0 Å². The number of nitrogens with zero attached hydrogens (tertiary/aromatic N) is 1. The van der Waals surface area contributed by atoms with Gasteiger partial charge in [-0.1, -0.05) is 19.1 Å². The first-order valence-electron chi connectivity index (χ1n) is 6.90. The highest BCUT2D eigenvalue weighted by atomic mass is 16.1. The summed E-state index contributed by atoms with van der Waals surface area (Å²) >= 11 is 0. The van der Waals surface area contributed by atoms with Crippen LogP contribution < -0.4 is 11.1 Å². The van der Waals surface area contributed by atoms with Crippen LogP contribution in [0.15, 0.2) is 24.3 Å². The molecule has 0 aliphatic rings. The third-order valence-electron chi connectivity index (χ3n) is 3.44. The summed E-state index contributed by atoms with van der Waals surface area (Å²) < 4.78 is 0. The van der Waals surface area contributed by atoms with Crippen molar-refractivity contribution in [3.05, 3.63) is 29.8 Å². The highest BCUT2D eigenvalue weighted by Crippen LogP contribution is 2.23. The van der Waals surface area contributed by atoms with Gasteiger partial charge in [0.2, 0.25) is 5.91 Å². The molecule has 1 aromatic rings. The lowest BCUT2D eigenvalue weighted by molar-refractivity contribution is -0.116. The number of rotatable bonds is 6. The number of amides is 1. The van der Waals surface area contributed by atoms with Crippen molar-refractivity contribution in [2.45, 2.75) is 39.0 Å². The Hall–Kier alpha value is -1.86. The number of benzene rings is 1. The Kier molecular flexibility index (Phi) is 5.72. The second-order valence-corrected chi connectivity index (χ2v) is 5.74. The number of nitriles is 1. The molecule has 3 N–H and O–H groups in total. The van der Waals surface area contributed by atoms with E-state index in [1.807, 2.05) is 45.0 Å². The van der Waals surface area contributed by atoms with Crippen molar-refractivity contribution >= 4 is 11.6 Å². The van der Waals surface area contributed by atoms with Gasteiger partial charge in [-0.05, 0) is 50.4 Å². The van der Waals surface area contributed by atoms with E-state index in [-0.39, 0.29) is 5.91 Å². The zero-order chi connectivity index (χ0) is 15.2. The average Bonchev–Trinajstić information content (AvgIpc) is 2.45. The molecule has 108 valence electrons. The third-order valence-corrected chi connectivity index (χ3v) is 3.44. The molecule has 0 saturated heterocycles. The van der Waals surface area contributed by atoms with Gasteiger partial charge in [-0.3, -0.25) is 4.79 Å². The van der Waals surface area contributed by atoms with E-state index in [1.165, 1.54) is 0 Å². The lowest BCUT2D eigenvalue weighted by atomic mass is 9.86. The van der Waals surface area contributed by atoms with Gasteiger partial charge >= 0.3 is 0 Å². The normalized spacial score (nSPS) is 12.6. The molecule has 1 aromatic carbocycles. The fraction of sp³-hybridized carbons (Fsp3) is 0.500. The molecule has 0 aliphatic heterocycles. The SMILES string of the molecule is CC(CN)CCC(=O)Nc1ccc(C(C)(C)C#N)cc1. The first-order valence-corrected chi connectivity index (χ1v) is 6.90. The first-order chi connectivity index (χ1) is 9.39. The molecule has 4 nitrogen and oxygen atoms in total. The second-order valence-electron chi connectivity index (χ2n) is 5.74. The van der Waals surface area contributed by atoms with Gasteiger partial charge in [0.1, 0.15) is 0 Å². The zero-order valence-electron chi connectivity index (χ0n) is 12.4. The lowest BCUT2D eigenvalue weighted by Gasteiger charge is -2.16. The standard InChI is InChI=1S/C16H23N3O/c1-12(10-17)4-9-15(20)19-14-7-5-13(6-8-14)16(2,3)11-18/h5-8,12H,4,9-10,17H2,1-3H3,(H,19,20). The molecule has 0 aromatic heterocycles. The van der Waals surface area contributed by atoms with Crippen LogP contribution in [0.1, 0.15) is 39.2 Å². The summed E-state index contributed by atoms with van der Waals surface area (Å²) in [6, 6.07) is 9.67. The number of carbonyl (C=O) groups is 1. The molecular weight excluding hydrogens is 250 g/mol. The predicted molar refractivity (Wildman–Crippen MR) is 81.2 cm³/mol. The van der Waals surface area contributed by atoms with Crippen LogP contribution in [0.2, 0.25) is 0 Å². The molecule has 1 atom stereocenters. The van der Waals surface area contributed by atoms with Crippen molar-refractivity contribution < 1.29 is 4.79 Å². The van der Waals surface area contributed by atoms with E-state index in [2.05, 4.69) is 11.4 Å². The van der Waals surface area contributed by atoms with Crippen LogP contribution in [-0.4, -0.2) is 12.5 Å². The van der Waals surface area contributed by atoms with Crippen molar-refractivity contribution in [3.8, 4) is 6.07 Å². The first kappa shape index (κ1) is 16.2. The Morgan fingerprint density at radius 2 is 2.00 bits per heavy atom. The van der Waals surface area contributed by atoms with Crippen LogP contribution in [-0.2, 0) is 10.2 Å². The van der Waals surface area contributed by atoms with E-state index in [1.54, 1.807) is 0 Å². The summed E-state index contributed by atoms with van der Waals surface area (Å²) in [4.78, 5) is 11.8. The number of hydrogen-bond donors (Lipinski definition) is 2. The molecule has 0 fully saturated rings. The highest BCUT2D eigenvalue weighted by Gasteiger charge is 2.19. The van der Waals surface area contributed by atoms with Gasteiger partial charge in [0.15, 0.2) is 0 Å². The molecule has 4 heteroatoms. The summed E-state index contributed by atoms with van der Waals surface area (Å²) in [6.07, 6.45) is 1.27. The summed E-state index contributed by atoms with van der Waals surface area (Å²) in [5.41, 5.74) is 6.71. The van der Waals surface area contributed by atoms with E-state index in [9.17, 15) is 4.79 Å². The summed E-state index contributed by atoms with van der Waals surface area (Å²) in [5.74, 6) is 0.358. The largest absolute Gasteiger partial charge is 0.330 e. The molecule has 0 spiro atoms. The fourth-order valence-electron chi connectivity index (χ4n) is 1.75. The number of anilines is 1. The maximum absolute atomic E-state index is 11.8. The van der Waals surface area contributed by atoms with Gasteiger partial charge in [-0.25, -0.2) is 0 Å². The van der Waals surface area contributed by atoms with Gasteiger partial charge < -0.3 is 11.1 Å². The molecular formula is C16H23N3O. The monoisotopic (exact) mass is 273 g/mol. The van der Waals surface area contributed by atoms with Gasteiger partial charge in [0.25, 0.3) is 0 Å². The Morgan fingerprint density at radius 1 is 1.40 bits per heavy atom. The molecule has 1 rings (SSSR count). The maximum Gasteiger partial charge on any atom is 0.224 e. The van der Waals surface area contributed by atoms with Crippen molar-refractivity contribution in [3.63, 3.8) is 0 Å². The minimum absolute atomic E-state index is 0.00223. The van der Waals surface area contributed by atoms with Crippen LogP contribution in [0.25, 0.3) is 0 Å². The van der Waals surface area contributed by atoms with E-state index in [0.29, 0.717) is 18.9 Å². The van der Waals surface area contributed by atoms with Gasteiger partial charge in [-0.15, -0.1) is 0 Å². The molecule has 20 heavy (non-hydrogen) atoms. The molecule has 1 unspecified atom stereocenters. The van der Waals surface area contributed by atoms with Crippen LogP contribution in [0, 0.1) is 17.2 Å². The predicted octanol–water partition coefficient (Wildman–Crippen LogP) is 2.80. The van der Waals surface area contributed by atoms with E-state index in [0.717, 1.165) is 17.7 Å². The highest BCUT2D eigenvalue weighted by molar-refractivity contribution is 5.90. The van der Waals surface area contributed by atoms with E-state index in [4.69, 9.17) is 11.0 Å². The molecule has 0 aliphatic carbocycles. The summed E-state index contributed by atoms with van der Waals surface area (Å²) in [5, 5.41) is 11.9. The Balaban J connectivity index is 2.58. The molecule has 0 radical (unpaired) electrons. The summed E-state index contributed by atoms with van der Waals surface area (Å²) in [7, 11) is 0. The van der Waals surface area contributed by atoms with Crippen molar-refractivity contribution in [1.82, 2.24) is 0 Å². The minimum atomic E-state index is -0.515. The molecule has 0 saturated carbocycles. The molecule has 1 amide bonds. The number of nitrogens with one attached hydrogen (secondary N) is 1. The van der Waals surface area contributed by atoms with Crippen LogP contribution >= 0.6 is 0 Å². The Bertz CT molecular complexity index is 485. The van der Waals surface area contributed by atoms with Crippen LogP contribution in [0.4, 0.5) is 5.69 Å². The fourth-order valence-corrected chi connectivity index (χ4v) is 1.75. The second kappa shape index (κ2) is 7.06. The summed E-state index contributed by atoms with van der Waals surface area (Å²) in [6.45, 7) is 6.38. The Labute approximate surface area is 121 Å². The topological polar surface area (TPSA) is 78.9 Å². The Morgan fingerprint density at radius 3 is 2.50 bits per heavy atom. The number of hydrogen-bond acceptors (Lipinski definition) is 3. The number of nitrogens with two attached hydrogens (primary N) is 1. The quantitative estimate of drug-likeness (QED) is 0.836. The molecule has 0 bridgehead atoms. The minimum Gasteiger partial charge on any atom is -0.330 e. The van der Waals surface area contributed by atoms with Gasteiger partial charge in [-0.2, -0.15) is 5.26 Å². The van der Waals surface area contributed by atoms with Crippen LogP contribution in [0.5, 0.6) is 0 Å². The third kappa shape index (κ3) is 4.67. The molecule has 0 heterocycles. The maximum atomic E-state index is 11.8. The van der Waals surface area contributed by atoms with E-state index >= 15 is 0 Å². The van der Waals surface area contributed by atoms with Crippen molar-refractivity contribution in [1.29, 1.82) is 5.26 Å². The van der Waals surface area contributed by atoms with Gasteiger partial charge in [0.05, 0.1) is 11.5 Å².